The van der Waals surface area contributed by atoms with E-state index in [9.17, 15) is 4.79 Å². The van der Waals surface area contributed by atoms with E-state index in [4.69, 9.17) is 4.74 Å². The predicted molar refractivity (Wildman–Crippen MR) is 109 cm³/mol. The van der Waals surface area contributed by atoms with Crippen molar-refractivity contribution in [1.29, 1.82) is 0 Å². The van der Waals surface area contributed by atoms with E-state index in [1.165, 1.54) is 22.1 Å². The van der Waals surface area contributed by atoms with Gasteiger partial charge in [-0.2, -0.15) is 0 Å². The number of hydrogen-bond acceptors (Lipinski definition) is 3. The molecular weight excluding hydrogens is 338 g/mol. The van der Waals surface area contributed by atoms with Gasteiger partial charge >= 0.3 is 0 Å². The van der Waals surface area contributed by atoms with Crippen LogP contribution in [0.1, 0.15) is 31.9 Å². The fourth-order valence-corrected chi connectivity index (χ4v) is 4.87. The largest absolute Gasteiger partial charge is 0.482 e. The number of nitrogens with zero attached hydrogens (tertiary/aromatic N) is 2. The van der Waals surface area contributed by atoms with E-state index >= 15 is 0 Å². The van der Waals surface area contributed by atoms with Gasteiger partial charge in [-0.15, -0.1) is 0 Å². The molecule has 144 valence electrons. The van der Waals surface area contributed by atoms with Crippen LogP contribution in [0.25, 0.3) is 16.5 Å². The number of aromatic nitrogens is 1. The summed E-state index contributed by atoms with van der Waals surface area (Å²) < 4.78 is 5.64. The highest BCUT2D eigenvalue weighted by atomic mass is 16.5. The highest BCUT2D eigenvalue weighted by Gasteiger charge is 2.45. The summed E-state index contributed by atoms with van der Waals surface area (Å²) in [5.74, 6) is 0.981. The topological polar surface area (TPSA) is 48.6 Å². The number of rotatable bonds is 4. The van der Waals surface area contributed by atoms with Crippen molar-refractivity contribution < 1.29 is 9.53 Å². The zero-order chi connectivity index (χ0) is 19.3. The monoisotopic (exact) mass is 367 g/mol. The molecule has 0 unspecified atom stereocenters. The summed E-state index contributed by atoms with van der Waals surface area (Å²) in [5, 5.41) is 1.24. The van der Waals surface area contributed by atoms with E-state index < -0.39 is 0 Å². The lowest BCUT2D eigenvalue weighted by molar-refractivity contribution is -0.134. The predicted octanol–water partition coefficient (Wildman–Crippen LogP) is 3.30. The van der Waals surface area contributed by atoms with Gasteiger partial charge in [-0.1, -0.05) is 18.2 Å². The summed E-state index contributed by atoms with van der Waals surface area (Å²) in [5.41, 5.74) is 4.68. The highest BCUT2D eigenvalue weighted by Crippen LogP contribution is 2.49. The van der Waals surface area contributed by atoms with E-state index in [0.717, 1.165) is 37.5 Å². The molecule has 4 rings (SSSR count). The maximum absolute atomic E-state index is 13.1. The van der Waals surface area contributed by atoms with Gasteiger partial charge in [0, 0.05) is 48.1 Å². The molecule has 0 radical (unpaired) electrons. The van der Waals surface area contributed by atoms with Crippen molar-refractivity contribution in [2.45, 2.75) is 32.7 Å². The molecule has 0 fully saturated rings. The zero-order valence-electron chi connectivity index (χ0n) is 16.9. The first-order valence-corrected chi connectivity index (χ1v) is 9.84. The number of methoxy groups -OCH3 is 1. The Bertz CT molecular complexity index is 925. The van der Waals surface area contributed by atoms with E-state index in [0.29, 0.717) is 0 Å². The van der Waals surface area contributed by atoms with Gasteiger partial charge in [0.1, 0.15) is 0 Å². The Morgan fingerprint density at radius 1 is 1.37 bits per heavy atom. The molecule has 0 saturated carbocycles. The van der Waals surface area contributed by atoms with Crippen molar-refractivity contribution in [3.8, 4) is 5.88 Å². The Morgan fingerprint density at radius 2 is 2.11 bits per heavy atom. The normalized spacial score (nSPS) is 24.5. The van der Waals surface area contributed by atoms with Crippen molar-refractivity contribution in [3.05, 3.63) is 35.4 Å². The fourth-order valence-electron chi connectivity index (χ4n) is 4.87. The van der Waals surface area contributed by atoms with Gasteiger partial charge in [0.05, 0.1) is 13.0 Å². The van der Waals surface area contributed by atoms with Crippen LogP contribution >= 0.6 is 0 Å². The van der Waals surface area contributed by atoms with Gasteiger partial charge in [-0.05, 0) is 45.0 Å². The Morgan fingerprint density at radius 3 is 2.78 bits per heavy atom. The first-order valence-electron chi connectivity index (χ1n) is 9.84. The number of H-pyrrole nitrogens is 1. The average molecular weight is 367 g/mol. The second-order valence-electron chi connectivity index (χ2n) is 7.89. The molecule has 27 heavy (non-hydrogen) atoms. The molecule has 1 aliphatic carbocycles. The van der Waals surface area contributed by atoms with E-state index in [1.54, 1.807) is 7.11 Å². The van der Waals surface area contributed by atoms with Crippen LogP contribution in [0.5, 0.6) is 5.88 Å². The number of carbonyl (C=O) groups is 1. The van der Waals surface area contributed by atoms with Gasteiger partial charge in [0.25, 0.3) is 0 Å². The molecule has 0 saturated heterocycles. The van der Waals surface area contributed by atoms with Crippen molar-refractivity contribution in [2.24, 2.45) is 5.92 Å². The lowest BCUT2D eigenvalue weighted by atomic mass is 9.71. The van der Waals surface area contributed by atoms with Crippen molar-refractivity contribution >= 4 is 22.4 Å². The van der Waals surface area contributed by atoms with Crippen LogP contribution in [-0.4, -0.2) is 60.0 Å². The number of aromatic amines is 1. The third kappa shape index (κ3) is 2.52. The van der Waals surface area contributed by atoms with Crippen LogP contribution in [0.15, 0.2) is 24.3 Å². The second kappa shape index (κ2) is 6.41. The number of hydrogen-bond donors (Lipinski definition) is 1. The summed E-state index contributed by atoms with van der Waals surface area (Å²) in [7, 11) is 3.86. The Balaban J connectivity index is 1.89. The van der Waals surface area contributed by atoms with Crippen LogP contribution in [0, 0.1) is 5.92 Å². The minimum atomic E-state index is -0.142. The number of likely N-dealkylation sites (N-methyl/N-ethyl adjacent to an activating group) is 1. The molecule has 5 nitrogen and oxygen atoms in total. The number of fused-ring (bicyclic) bond motifs is 2. The van der Waals surface area contributed by atoms with E-state index in [-0.39, 0.29) is 17.4 Å². The molecular formula is C22H29N3O2. The summed E-state index contributed by atoms with van der Waals surface area (Å²) in [4.78, 5) is 20.8. The standard InChI is InChI=1S/C22H29N3O2/c1-6-25(7-2)21(26)14-11-17-15-9-8-10-18-19(15)16(20(23-18)27-5)12-22(17,3)24(4)13-14/h8-11,14,23H,6-7,12-13H2,1-5H3/t14-,22-/m1/s1. The van der Waals surface area contributed by atoms with Crippen LogP contribution in [0.2, 0.25) is 0 Å². The molecule has 1 aromatic heterocycles. The molecule has 1 N–H and O–H groups in total. The third-order valence-corrected chi connectivity index (χ3v) is 6.56. The lowest BCUT2D eigenvalue weighted by Gasteiger charge is -2.48. The molecule has 2 aromatic rings. The van der Waals surface area contributed by atoms with Crippen LogP contribution in [0.3, 0.4) is 0 Å². The molecule has 0 spiro atoms. The molecule has 2 heterocycles. The molecule has 1 aromatic carbocycles. The molecule has 5 heteroatoms. The molecule has 2 aliphatic rings. The summed E-state index contributed by atoms with van der Waals surface area (Å²) >= 11 is 0. The van der Waals surface area contributed by atoms with Gasteiger partial charge in [-0.3, -0.25) is 9.69 Å². The zero-order valence-corrected chi connectivity index (χ0v) is 16.9. The third-order valence-electron chi connectivity index (χ3n) is 6.56. The van der Waals surface area contributed by atoms with Crippen molar-refractivity contribution in [2.75, 3.05) is 33.8 Å². The minimum Gasteiger partial charge on any atom is -0.482 e. The number of benzene rings is 1. The van der Waals surface area contributed by atoms with Gasteiger partial charge in [-0.25, -0.2) is 0 Å². The maximum atomic E-state index is 13.1. The smallest absolute Gasteiger partial charge is 0.230 e. The SMILES string of the molecule is CCN(CC)C(=O)[C@@H]1C=C2c3cccc4[nH]c(OC)c(c34)C[C@@]2(C)N(C)C1. The van der Waals surface area contributed by atoms with Gasteiger partial charge in [0.15, 0.2) is 5.88 Å². The lowest BCUT2D eigenvalue weighted by Crippen LogP contribution is -2.54. The van der Waals surface area contributed by atoms with Crippen LogP contribution < -0.4 is 4.74 Å². The van der Waals surface area contributed by atoms with E-state index in [2.05, 4.69) is 48.1 Å². The quantitative estimate of drug-likeness (QED) is 0.902. The fraction of sp³-hybridized carbons (Fsp3) is 0.500. The summed E-state index contributed by atoms with van der Waals surface area (Å²) in [6.07, 6.45) is 3.11. The first-order chi connectivity index (χ1) is 12.9. The number of nitrogens with one attached hydrogen (secondary N) is 1. The number of amides is 1. The average Bonchev–Trinajstić information content (AvgIpc) is 3.02. The first kappa shape index (κ1) is 18.1. The van der Waals surface area contributed by atoms with Gasteiger partial charge < -0.3 is 14.6 Å². The molecule has 1 aliphatic heterocycles. The Hall–Kier alpha value is -2.27. The van der Waals surface area contributed by atoms with Crippen LogP contribution in [-0.2, 0) is 11.2 Å². The maximum Gasteiger partial charge on any atom is 0.230 e. The van der Waals surface area contributed by atoms with Crippen molar-refractivity contribution in [3.63, 3.8) is 0 Å². The molecule has 2 atom stereocenters. The van der Waals surface area contributed by atoms with Gasteiger partial charge in [0.2, 0.25) is 5.91 Å². The molecule has 1 amide bonds. The molecule has 0 bridgehead atoms. The van der Waals surface area contributed by atoms with E-state index in [1.807, 2.05) is 18.7 Å². The highest BCUT2D eigenvalue weighted by molar-refractivity contribution is 6.01. The van der Waals surface area contributed by atoms with Crippen molar-refractivity contribution in [1.82, 2.24) is 14.8 Å². The number of carbonyl (C=O) groups excluding carboxylic acids is 1. The van der Waals surface area contributed by atoms with Crippen LogP contribution in [0.4, 0.5) is 0 Å². The summed E-state index contributed by atoms with van der Waals surface area (Å²) in [6, 6.07) is 6.36. The number of ether oxygens (including phenoxy) is 1. The summed E-state index contributed by atoms with van der Waals surface area (Å²) in [6.45, 7) is 8.63. The Kier molecular flexibility index (Phi) is 4.30. The minimum absolute atomic E-state index is 0.101. The second-order valence-corrected chi connectivity index (χ2v) is 7.89. The Labute approximate surface area is 161 Å².